The number of aromatic nitrogens is 1. The van der Waals surface area contributed by atoms with Gasteiger partial charge < -0.3 is 30.3 Å². The van der Waals surface area contributed by atoms with E-state index in [1.54, 1.807) is 43.2 Å². The summed E-state index contributed by atoms with van der Waals surface area (Å²) in [6.07, 6.45) is 7.22. The Morgan fingerprint density at radius 3 is 2.57 bits per heavy atom. The highest BCUT2D eigenvalue weighted by Crippen LogP contribution is 2.47. The van der Waals surface area contributed by atoms with Gasteiger partial charge in [-0.3, -0.25) is 23.9 Å². The lowest BCUT2D eigenvalue weighted by Crippen LogP contribution is -2.60. The van der Waals surface area contributed by atoms with E-state index in [1.807, 2.05) is 12.2 Å². The number of rotatable bonds is 6. The van der Waals surface area contributed by atoms with Crippen molar-refractivity contribution in [3.63, 3.8) is 0 Å². The Balaban J connectivity index is 1.17. The average Bonchev–Trinajstić information content (AvgIpc) is 3.94. The minimum Gasteiger partial charge on any atom is -0.506 e. The van der Waals surface area contributed by atoms with Crippen molar-refractivity contribution in [2.75, 3.05) is 19.6 Å². The molecule has 56 heavy (non-hydrogen) atoms. The van der Waals surface area contributed by atoms with Crippen LogP contribution in [0.2, 0.25) is 5.02 Å². The topological polar surface area (TPSA) is 204 Å². The molecule has 4 heterocycles. The Labute approximate surface area is 334 Å². The fraction of sp³-hybridized carbons (Fsp3) is 0.579. The maximum Gasteiger partial charge on any atom is 0.408 e. The summed E-state index contributed by atoms with van der Waals surface area (Å²) in [7, 11) is -3.92. The minimum atomic E-state index is -3.92. The van der Waals surface area contributed by atoms with Crippen molar-refractivity contribution in [3.05, 3.63) is 46.4 Å². The predicted octanol–water partition coefficient (Wildman–Crippen LogP) is 3.97. The SMILES string of the molecule is CC(C)(C)OC(=O)N[C@H]1CCCCC/C=C\[C@@H]2C[C@]2(C(=O)NS(=O)(=O)C2CC2)NC(=O)[C@@H]2[C@H]3CN(C(=O)c4csc(-c5ccc(O)c(Cl)c5)n4)C[C@H]3CN2C1=O. The van der Waals surface area contributed by atoms with Crippen molar-refractivity contribution < 1.29 is 42.2 Å². The van der Waals surface area contributed by atoms with Gasteiger partial charge in [-0.05, 0) is 77.5 Å². The van der Waals surface area contributed by atoms with E-state index in [9.17, 15) is 37.5 Å². The van der Waals surface area contributed by atoms with E-state index in [-0.39, 0.29) is 54.3 Å². The van der Waals surface area contributed by atoms with E-state index in [2.05, 4.69) is 20.3 Å². The second-order valence-corrected chi connectivity index (χ2v) is 19.7. The molecule has 5 aliphatic rings. The van der Waals surface area contributed by atoms with Crippen LogP contribution >= 0.6 is 22.9 Å². The monoisotopic (exact) mass is 830 g/mol. The quantitative estimate of drug-likeness (QED) is 0.309. The second kappa shape index (κ2) is 15.3. The molecule has 0 radical (unpaired) electrons. The Morgan fingerprint density at radius 1 is 1.09 bits per heavy atom. The van der Waals surface area contributed by atoms with Crippen LogP contribution in [-0.4, -0.2) is 106 Å². The lowest BCUT2D eigenvalue weighted by Gasteiger charge is -2.33. The molecule has 0 bridgehead atoms. The van der Waals surface area contributed by atoms with Crippen molar-refractivity contribution in [2.45, 2.75) is 101 Å². The van der Waals surface area contributed by atoms with Gasteiger partial charge in [0.25, 0.3) is 11.8 Å². The lowest BCUT2D eigenvalue weighted by molar-refractivity contribution is -0.142. The number of likely N-dealkylation sites (tertiary alicyclic amines) is 1. The van der Waals surface area contributed by atoms with E-state index in [1.165, 1.54) is 22.3 Å². The van der Waals surface area contributed by atoms with Gasteiger partial charge in [0.1, 0.15) is 39.7 Å². The van der Waals surface area contributed by atoms with E-state index in [4.69, 9.17) is 16.3 Å². The number of ether oxygens (including phenoxy) is 1. The van der Waals surface area contributed by atoms with Gasteiger partial charge >= 0.3 is 6.09 Å². The van der Waals surface area contributed by atoms with Crippen LogP contribution in [0.4, 0.5) is 4.79 Å². The number of allylic oxidation sites excluding steroid dienone is 1. The number of nitrogens with zero attached hydrogens (tertiary/aromatic N) is 3. The van der Waals surface area contributed by atoms with Gasteiger partial charge in [-0.15, -0.1) is 11.3 Å². The summed E-state index contributed by atoms with van der Waals surface area (Å²) in [5, 5.41) is 17.1. The molecule has 2 aromatic rings. The number of amides is 5. The number of benzene rings is 1. The van der Waals surface area contributed by atoms with Crippen LogP contribution in [0.5, 0.6) is 5.75 Å². The van der Waals surface area contributed by atoms with Crippen LogP contribution in [0.3, 0.4) is 0 Å². The zero-order valence-electron chi connectivity index (χ0n) is 31.5. The van der Waals surface area contributed by atoms with Crippen LogP contribution in [0, 0.1) is 17.8 Å². The molecule has 4 N–H and O–H groups in total. The number of aromatic hydroxyl groups is 1. The molecular formula is C38H47ClN6O9S2. The summed E-state index contributed by atoms with van der Waals surface area (Å²) in [6.45, 7) is 5.58. The molecule has 15 nitrogen and oxygen atoms in total. The standard InChI is InChI=1S/C38H47ClN6O9S2/c1-37(2,3)54-36(51)41-27-10-8-6-4-5-7-9-23-16-38(23,35(50)43-56(52,53)24-12-13-24)42-31(47)30-25-19-44(17-22(25)18-45(30)34(27)49)33(48)28-20-55-32(40-28)21-11-14-29(46)26(39)15-21/h7,9,11,14-15,20,22-25,27,30,46H,4-6,8,10,12-13,16-19H2,1-3H3,(H,41,51)(H,42,47)(H,43,50)/b9-7-/t22-,23+,25-,27-,30-,38-/m0/s1. The van der Waals surface area contributed by atoms with Gasteiger partial charge in [0.05, 0.1) is 10.3 Å². The van der Waals surface area contributed by atoms with Crippen molar-refractivity contribution in [3.8, 4) is 16.3 Å². The minimum absolute atomic E-state index is 0.0767. The summed E-state index contributed by atoms with van der Waals surface area (Å²) >= 11 is 7.34. The Bertz CT molecular complexity index is 2060. The van der Waals surface area contributed by atoms with Crippen LogP contribution in [0.1, 0.15) is 82.6 Å². The Morgan fingerprint density at radius 2 is 1.86 bits per heavy atom. The highest BCUT2D eigenvalue weighted by molar-refractivity contribution is 7.91. The maximum absolute atomic E-state index is 14.6. The largest absolute Gasteiger partial charge is 0.506 e. The van der Waals surface area contributed by atoms with Crippen molar-refractivity contribution in [1.29, 1.82) is 0 Å². The van der Waals surface area contributed by atoms with Crippen LogP contribution in [0.15, 0.2) is 35.7 Å². The number of sulfonamides is 1. The number of hydrogen-bond acceptors (Lipinski definition) is 11. The zero-order chi connectivity index (χ0) is 40.2. The molecule has 2 saturated carbocycles. The third-order valence-corrected chi connectivity index (χ3v) is 14.1. The summed E-state index contributed by atoms with van der Waals surface area (Å²) in [4.78, 5) is 77.4. The number of phenolic OH excluding ortho intramolecular Hbond substituents is 1. The highest BCUT2D eigenvalue weighted by atomic mass is 35.5. The predicted molar refractivity (Wildman–Crippen MR) is 207 cm³/mol. The molecule has 4 fully saturated rings. The molecule has 18 heteroatoms. The average molecular weight is 831 g/mol. The van der Waals surface area contributed by atoms with Crippen LogP contribution in [0.25, 0.3) is 10.6 Å². The molecule has 7 rings (SSSR count). The van der Waals surface area contributed by atoms with E-state index in [0.29, 0.717) is 42.7 Å². The number of hydrogen-bond donors (Lipinski definition) is 4. The first kappa shape index (κ1) is 40.0. The number of fused-ring (bicyclic) bond motifs is 4. The summed E-state index contributed by atoms with van der Waals surface area (Å²) in [5.74, 6) is -3.70. The van der Waals surface area contributed by atoms with E-state index < -0.39 is 74.1 Å². The number of carbonyl (C=O) groups is 5. The lowest BCUT2D eigenvalue weighted by atomic mass is 9.93. The van der Waals surface area contributed by atoms with Crippen molar-refractivity contribution in [1.82, 2.24) is 30.1 Å². The van der Waals surface area contributed by atoms with Gasteiger partial charge in [-0.1, -0.05) is 36.6 Å². The van der Waals surface area contributed by atoms with Crippen molar-refractivity contribution >= 4 is 62.7 Å². The highest BCUT2D eigenvalue weighted by Gasteiger charge is 2.63. The molecule has 0 spiro atoms. The molecule has 5 amide bonds. The molecule has 0 unspecified atom stereocenters. The van der Waals surface area contributed by atoms with Gasteiger partial charge in [0.15, 0.2) is 0 Å². The number of carbonyl (C=O) groups excluding carboxylic acids is 5. The molecular weight excluding hydrogens is 784 g/mol. The van der Waals surface area contributed by atoms with E-state index >= 15 is 0 Å². The molecule has 2 aliphatic carbocycles. The van der Waals surface area contributed by atoms with Gasteiger partial charge in [-0.25, -0.2) is 18.2 Å². The van der Waals surface area contributed by atoms with Crippen LogP contribution < -0.4 is 15.4 Å². The summed E-state index contributed by atoms with van der Waals surface area (Å²) in [5.41, 5.74) is -1.54. The number of thiazole rings is 1. The molecule has 3 aliphatic heterocycles. The summed E-state index contributed by atoms with van der Waals surface area (Å²) in [6, 6.07) is 2.50. The first-order valence-electron chi connectivity index (χ1n) is 19.0. The maximum atomic E-state index is 14.6. The third kappa shape index (κ3) is 8.40. The van der Waals surface area contributed by atoms with Crippen LogP contribution in [-0.2, 0) is 29.1 Å². The number of halogens is 1. The van der Waals surface area contributed by atoms with Crippen molar-refractivity contribution in [2.24, 2.45) is 17.8 Å². The van der Waals surface area contributed by atoms with Gasteiger partial charge in [-0.2, -0.15) is 0 Å². The number of nitrogens with one attached hydrogen (secondary N) is 3. The number of alkyl carbamates (subject to hydrolysis) is 1. The van der Waals surface area contributed by atoms with Gasteiger partial charge in [0.2, 0.25) is 21.8 Å². The third-order valence-electron chi connectivity index (χ3n) is 11.1. The second-order valence-electron chi connectivity index (χ2n) is 16.5. The first-order chi connectivity index (χ1) is 26.5. The summed E-state index contributed by atoms with van der Waals surface area (Å²) < 4.78 is 33.5. The Kier molecular flexibility index (Phi) is 10.9. The zero-order valence-corrected chi connectivity index (χ0v) is 33.8. The number of phenols is 1. The fourth-order valence-electron chi connectivity index (χ4n) is 7.99. The normalized spacial score (nSPS) is 28.8. The van der Waals surface area contributed by atoms with Gasteiger partial charge in [0, 0.05) is 48.3 Å². The molecule has 1 aromatic heterocycles. The van der Waals surface area contributed by atoms with E-state index in [0.717, 1.165) is 12.8 Å². The Hall–Kier alpha value is -4.22. The molecule has 1 aromatic carbocycles. The molecule has 6 atom stereocenters. The fourth-order valence-corrected chi connectivity index (χ4v) is 10.3. The molecule has 2 saturated heterocycles. The molecule has 302 valence electrons. The first-order valence-corrected chi connectivity index (χ1v) is 21.8. The smallest absolute Gasteiger partial charge is 0.408 e.